The molecule has 0 unspecified atom stereocenters. The van der Waals surface area contributed by atoms with Gasteiger partial charge in [-0.3, -0.25) is 14.4 Å². The van der Waals surface area contributed by atoms with Gasteiger partial charge < -0.3 is 15.5 Å². The van der Waals surface area contributed by atoms with Gasteiger partial charge in [-0.1, -0.05) is 30.3 Å². The van der Waals surface area contributed by atoms with Crippen molar-refractivity contribution in [3.8, 4) is 0 Å². The summed E-state index contributed by atoms with van der Waals surface area (Å²) in [6.45, 7) is 0. The molecule has 1 aromatic carbocycles. The zero-order chi connectivity index (χ0) is 19.9. The molecule has 1 radical (unpaired) electrons. The first kappa shape index (κ1) is 20.2. The maximum absolute atomic E-state index is 14.0. The Balaban J connectivity index is 1.92. The van der Waals surface area contributed by atoms with Gasteiger partial charge in [-0.25, -0.2) is 13.8 Å². The van der Waals surface area contributed by atoms with Crippen molar-refractivity contribution in [1.82, 2.24) is 10.3 Å². The van der Waals surface area contributed by atoms with Gasteiger partial charge >= 0.3 is 0 Å². The van der Waals surface area contributed by atoms with Crippen LogP contribution >= 0.6 is 0 Å². The Kier molecular flexibility index (Phi) is 6.75. The number of hydrogen-bond donors (Lipinski definition) is 2. The van der Waals surface area contributed by atoms with Crippen LogP contribution in [0.5, 0.6) is 0 Å². The lowest BCUT2D eigenvalue weighted by atomic mass is 10.0. The first-order chi connectivity index (χ1) is 12.8. The minimum atomic E-state index is -3.15. The van der Waals surface area contributed by atoms with Crippen molar-refractivity contribution < 1.29 is 27.6 Å². The molecule has 0 spiro atoms. The highest BCUT2D eigenvalue weighted by molar-refractivity contribution is 6.01. The van der Waals surface area contributed by atoms with Crippen molar-refractivity contribution in [2.75, 3.05) is 0 Å². The van der Waals surface area contributed by atoms with Gasteiger partial charge in [0.2, 0.25) is 17.6 Å². The molecular formula is C18H18F2N3O4. The highest BCUT2D eigenvalue weighted by Gasteiger charge is 2.32. The maximum atomic E-state index is 14.0. The minimum Gasteiger partial charge on any atom is -0.442 e. The minimum absolute atomic E-state index is 0.323. The van der Waals surface area contributed by atoms with Gasteiger partial charge in [-0.05, 0) is 5.56 Å². The first-order valence-electron chi connectivity index (χ1n) is 8.04. The number of carbonyl (C=O) groups is 3. The molecule has 1 atom stereocenters. The second-order valence-electron chi connectivity index (χ2n) is 5.86. The number of primary amides is 1. The summed E-state index contributed by atoms with van der Waals surface area (Å²) in [6, 6.07) is 6.77. The smallest absolute Gasteiger partial charge is 0.265 e. The zero-order valence-corrected chi connectivity index (χ0v) is 14.2. The number of ketones is 1. The molecule has 7 nitrogen and oxygen atoms in total. The van der Waals surface area contributed by atoms with E-state index in [2.05, 4.69) is 10.3 Å². The predicted octanol–water partition coefficient (Wildman–Crippen LogP) is 1.69. The third-order valence-electron chi connectivity index (χ3n) is 3.57. The predicted molar refractivity (Wildman–Crippen MR) is 90.6 cm³/mol. The summed E-state index contributed by atoms with van der Waals surface area (Å²) < 4.78 is 32.9. The second kappa shape index (κ2) is 9.02. The van der Waals surface area contributed by atoms with Crippen LogP contribution in [0.4, 0.5) is 8.78 Å². The number of aromatic nitrogens is 1. The number of oxazole rings is 1. The van der Waals surface area contributed by atoms with Crippen LogP contribution in [0.2, 0.25) is 0 Å². The fraction of sp³-hybridized carbons (Fsp3) is 0.278. The van der Waals surface area contributed by atoms with Crippen molar-refractivity contribution >= 4 is 17.6 Å². The van der Waals surface area contributed by atoms with E-state index < -0.39 is 48.8 Å². The molecule has 2 amide bonds. The maximum Gasteiger partial charge on any atom is 0.265 e. The second-order valence-corrected chi connectivity index (χ2v) is 5.86. The lowest BCUT2D eigenvalue weighted by Gasteiger charge is -2.18. The SMILES string of the molecule is NC(=O)C[C@H](NC(=O)[CH]CC(F)(F)Cc1ccccc1)C(=O)c1ncco1. The van der Waals surface area contributed by atoms with Gasteiger partial charge in [-0.2, -0.15) is 0 Å². The Bertz CT molecular complexity index is 779. The largest absolute Gasteiger partial charge is 0.442 e. The van der Waals surface area contributed by atoms with E-state index in [1.54, 1.807) is 30.3 Å². The topological polar surface area (TPSA) is 115 Å². The number of hydrogen-bond acceptors (Lipinski definition) is 5. The van der Waals surface area contributed by atoms with Crippen molar-refractivity contribution in [3.63, 3.8) is 0 Å². The molecule has 3 N–H and O–H groups in total. The van der Waals surface area contributed by atoms with Crippen LogP contribution in [0.1, 0.15) is 29.1 Å². The highest BCUT2D eigenvalue weighted by Crippen LogP contribution is 2.25. The van der Waals surface area contributed by atoms with E-state index in [4.69, 9.17) is 10.2 Å². The summed E-state index contributed by atoms with van der Waals surface area (Å²) in [7, 11) is 0. The van der Waals surface area contributed by atoms with Gasteiger partial charge in [0.05, 0.1) is 19.0 Å². The number of nitrogens with one attached hydrogen (secondary N) is 1. The van der Waals surface area contributed by atoms with E-state index in [0.717, 1.165) is 12.7 Å². The monoisotopic (exact) mass is 378 g/mol. The Morgan fingerprint density at radius 1 is 1.26 bits per heavy atom. The number of rotatable bonds is 10. The van der Waals surface area contributed by atoms with Crippen LogP contribution in [-0.2, 0) is 16.0 Å². The number of halogens is 2. The lowest BCUT2D eigenvalue weighted by molar-refractivity contribution is -0.120. The van der Waals surface area contributed by atoms with E-state index in [1.807, 2.05) is 0 Å². The Morgan fingerprint density at radius 2 is 1.96 bits per heavy atom. The normalized spacial score (nSPS) is 12.4. The van der Waals surface area contributed by atoms with E-state index in [1.165, 1.54) is 6.20 Å². The standard InChI is InChI=1S/C18H18F2N3O4/c19-18(20,11-12-4-2-1-3-5-12)7-6-15(25)23-13(10-14(21)24)16(26)17-22-8-9-27-17/h1-6,8-9,13H,7,10-11H2,(H2,21,24)(H,23,25)/t13-/m0/s1. The molecule has 0 bridgehead atoms. The van der Waals surface area contributed by atoms with E-state index in [-0.39, 0.29) is 5.89 Å². The summed E-state index contributed by atoms with van der Waals surface area (Å²) >= 11 is 0. The molecule has 0 aliphatic carbocycles. The van der Waals surface area contributed by atoms with Crippen LogP contribution < -0.4 is 11.1 Å². The molecule has 0 fully saturated rings. The van der Waals surface area contributed by atoms with Crippen molar-refractivity contribution in [1.29, 1.82) is 0 Å². The lowest BCUT2D eigenvalue weighted by Crippen LogP contribution is -2.44. The Morgan fingerprint density at radius 3 is 2.56 bits per heavy atom. The highest BCUT2D eigenvalue weighted by atomic mass is 19.3. The van der Waals surface area contributed by atoms with Crippen molar-refractivity contribution in [2.24, 2.45) is 5.73 Å². The fourth-order valence-corrected chi connectivity index (χ4v) is 2.34. The van der Waals surface area contributed by atoms with Crippen LogP contribution in [0.3, 0.4) is 0 Å². The molecule has 2 aromatic rings. The van der Waals surface area contributed by atoms with Crippen LogP contribution in [-0.4, -0.2) is 34.5 Å². The molecule has 143 valence electrons. The van der Waals surface area contributed by atoms with Gasteiger partial charge in [-0.15, -0.1) is 0 Å². The summed E-state index contributed by atoms with van der Waals surface area (Å²) in [4.78, 5) is 38.9. The number of benzene rings is 1. The molecule has 9 heteroatoms. The fourth-order valence-electron chi connectivity index (χ4n) is 2.34. The molecule has 2 rings (SSSR count). The van der Waals surface area contributed by atoms with E-state index in [0.29, 0.717) is 5.56 Å². The van der Waals surface area contributed by atoms with Crippen molar-refractivity contribution in [3.05, 3.63) is 60.7 Å². The number of Topliss-reactive ketones (excluding diaryl/α,β-unsaturated/α-hetero) is 1. The molecule has 27 heavy (non-hydrogen) atoms. The number of alkyl halides is 2. The van der Waals surface area contributed by atoms with E-state index in [9.17, 15) is 23.2 Å². The molecule has 0 saturated heterocycles. The third-order valence-corrected chi connectivity index (χ3v) is 3.57. The summed E-state index contributed by atoms with van der Waals surface area (Å²) in [5.41, 5.74) is 5.50. The zero-order valence-electron chi connectivity index (χ0n) is 14.2. The van der Waals surface area contributed by atoms with Crippen LogP contribution in [0.25, 0.3) is 0 Å². The van der Waals surface area contributed by atoms with E-state index >= 15 is 0 Å². The molecule has 0 saturated carbocycles. The quantitative estimate of drug-likeness (QED) is 0.611. The van der Waals surface area contributed by atoms with Crippen LogP contribution in [0, 0.1) is 6.42 Å². The van der Waals surface area contributed by atoms with Gasteiger partial charge in [0.25, 0.3) is 11.8 Å². The van der Waals surface area contributed by atoms with Gasteiger partial charge in [0.15, 0.2) is 0 Å². The summed E-state index contributed by atoms with van der Waals surface area (Å²) in [6.07, 6.45) is 1.22. The third kappa shape index (κ3) is 6.61. The summed E-state index contributed by atoms with van der Waals surface area (Å²) in [5.74, 6) is -6.03. The molecule has 0 aliphatic heterocycles. The summed E-state index contributed by atoms with van der Waals surface area (Å²) in [5, 5.41) is 2.19. The Labute approximate surface area is 153 Å². The molecule has 0 aliphatic rings. The molecule has 1 heterocycles. The number of carbonyl (C=O) groups excluding carboxylic acids is 3. The number of amides is 2. The molecule has 1 aromatic heterocycles. The van der Waals surface area contributed by atoms with Crippen molar-refractivity contribution in [2.45, 2.75) is 31.2 Å². The number of nitrogens with zero attached hydrogens (tertiary/aromatic N) is 1. The average Bonchev–Trinajstić information content (AvgIpc) is 3.13. The molecular weight excluding hydrogens is 360 g/mol. The van der Waals surface area contributed by atoms with Gasteiger partial charge in [0.1, 0.15) is 12.3 Å². The first-order valence-corrected chi connectivity index (χ1v) is 8.04. The average molecular weight is 378 g/mol. The van der Waals surface area contributed by atoms with Gasteiger partial charge in [0, 0.05) is 12.8 Å². The Hall–Kier alpha value is -3.10. The number of nitrogens with two attached hydrogens (primary N) is 1. The van der Waals surface area contributed by atoms with Crippen LogP contribution in [0.15, 0.2) is 47.2 Å².